The van der Waals surface area contributed by atoms with Crippen molar-refractivity contribution in [2.24, 2.45) is 0 Å². The maximum atomic E-state index is 11.5. The van der Waals surface area contributed by atoms with Gasteiger partial charge in [-0.1, -0.05) is 18.6 Å². The van der Waals surface area contributed by atoms with Gasteiger partial charge in [-0.05, 0) is 19.6 Å². The summed E-state index contributed by atoms with van der Waals surface area (Å²) in [5.41, 5.74) is 10.4. The van der Waals surface area contributed by atoms with Crippen LogP contribution in [0.3, 0.4) is 0 Å². The van der Waals surface area contributed by atoms with Crippen molar-refractivity contribution in [3.63, 3.8) is 0 Å². The van der Waals surface area contributed by atoms with Gasteiger partial charge in [0.1, 0.15) is 6.61 Å². The minimum absolute atomic E-state index is 0.158. The normalized spacial score (nSPS) is 12.9. The van der Waals surface area contributed by atoms with E-state index in [4.69, 9.17) is 4.84 Å². The van der Waals surface area contributed by atoms with E-state index in [0.29, 0.717) is 18.5 Å². The number of rotatable bonds is 13. The summed E-state index contributed by atoms with van der Waals surface area (Å²) in [5, 5.41) is 3.01. The van der Waals surface area contributed by atoms with Crippen molar-refractivity contribution < 1.29 is 14.4 Å². The molecular formula is C14H27N5O3S. The Hall–Kier alpha value is -1.39. The molecule has 0 rings (SSSR count). The summed E-state index contributed by atoms with van der Waals surface area (Å²) in [6.07, 6.45) is 5.80. The summed E-state index contributed by atoms with van der Waals surface area (Å²) < 4.78 is 0. The molecule has 0 aliphatic carbocycles. The average molecular weight is 345 g/mol. The van der Waals surface area contributed by atoms with Crippen molar-refractivity contribution in [2.75, 3.05) is 32.7 Å². The number of thioether (sulfide) groups is 1. The predicted molar refractivity (Wildman–Crippen MR) is 92.5 cm³/mol. The lowest BCUT2D eigenvalue weighted by atomic mass is 10.1. The monoisotopic (exact) mass is 345 g/mol. The van der Waals surface area contributed by atoms with Gasteiger partial charge in [-0.15, -0.1) is 5.53 Å². The fraction of sp³-hybridized carbons (Fsp3) is 0.571. The molecule has 0 aromatic rings. The first kappa shape index (κ1) is 21.6. The van der Waals surface area contributed by atoms with Gasteiger partial charge in [-0.2, -0.15) is 17.3 Å². The number of hydrogen-bond donors (Lipinski definition) is 3. The third-order valence-corrected chi connectivity index (χ3v) is 3.41. The fourth-order valence-electron chi connectivity index (χ4n) is 1.72. The maximum absolute atomic E-state index is 11.5. The molecule has 0 atom stereocenters. The Balaban J connectivity index is 5.48. The van der Waals surface area contributed by atoms with Gasteiger partial charge >= 0.3 is 0 Å². The van der Waals surface area contributed by atoms with Crippen LogP contribution in [-0.4, -0.2) is 55.5 Å². The van der Waals surface area contributed by atoms with Crippen LogP contribution in [-0.2, 0) is 14.4 Å². The number of hydrogen-bond acceptors (Lipinski definition) is 7. The first-order chi connectivity index (χ1) is 11.0. The molecule has 0 aliphatic rings. The van der Waals surface area contributed by atoms with E-state index >= 15 is 0 Å². The molecule has 8 nitrogen and oxygen atoms in total. The van der Waals surface area contributed by atoms with Crippen molar-refractivity contribution in [3.8, 4) is 0 Å². The first-order valence-electron chi connectivity index (χ1n) is 7.13. The van der Waals surface area contributed by atoms with Crippen LogP contribution in [0.15, 0.2) is 22.9 Å². The van der Waals surface area contributed by atoms with Gasteiger partial charge in [-0.3, -0.25) is 14.4 Å². The summed E-state index contributed by atoms with van der Waals surface area (Å²) in [6.45, 7) is 4.11. The molecular weight excluding hydrogens is 318 g/mol. The van der Waals surface area contributed by atoms with E-state index in [1.54, 1.807) is 30.9 Å². The second kappa shape index (κ2) is 13.1. The standard InChI is InChI=1S/C14H27N5O3S/c1-6-7-14(19(11-21)17-16-18(3)4)13(8-22-15-10-20)12(2)9-23-5/h7,10-11,16-17H,6,8-9H2,1-5H3,(H,15,20)/b13-12+,14-7+. The minimum atomic E-state index is 0.158. The van der Waals surface area contributed by atoms with E-state index in [2.05, 4.69) is 16.5 Å². The third-order valence-electron chi connectivity index (χ3n) is 2.69. The van der Waals surface area contributed by atoms with Gasteiger partial charge in [-0.25, -0.2) is 15.5 Å². The average Bonchev–Trinajstić information content (AvgIpc) is 2.51. The molecule has 0 spiro atoms. The van der Waals surface area contributed by atoms with E-state index in [1.165, 1.54) is 5.01 Å². The highest BCUT2D eigenvalue weighted by Crippen LogP contribution is 2.20. The number of hydroxylamine groups is 1. The zero-order valence-electron chi connectivity index (χ0n) is 14.4. The van der Waals surface area contributed by atoms with Gasteiger partial charge in [0, 0.05) is 25.4 Å². The molecule has 0 saturated heterocycles. The minimum Gasteiger partial charge on any atom is -0.277 e. The van der Waals surface area contributed by atoms with Crippen LogP contribution in [0, 0.1) is 0 Å². The quantitative estimate of drug-likeness (QED) is 0.195. The SMILES string of the molecule is CC/C=C(\C(CONC=O)=C(/C)CSC)N(C=O)NNN(C)C. The highest BCUT2D eigenvalue weighted by molar-refractivity contribution is 7.98. The van der Waals surface area contributed by atoms with Crippen LogP contribution in [0.4, 0.5) is 0 Å². The molecule has 0 unspecified atom stereocenters. The molecule has 23 heavy (non-hydrogen) atoms. The zero-order valence-corrected chi connectivity index (χ0v) is 15.2. The number of nitrogens with one attached hydrogen (secondary N) is 3. The molecule has 9 heteroatoms. The van der Waals surface area contributed by atoms with Gasteiger partial charge in [0.2, 0.25) is 12.8 Å². The summed E-state index contributed by atoms with van der Waals surface area (Å²) >= 11 is 1.67. The van der Waals surface area contributed by atoms with Crippen molar-refractivity contribution >= 4 is 24.6 Å². The van der Waals surface area contributed by atoms with E-state index in [0.717, 1.165) is 23.3 Å². The zero-order chi connectivity index (χ0) is 17.7. The summed E-state index contributed by atoms with van der Waals surface area (Å²) in [7, 11) is 3.60. The summed E-state index contributed by atoms with van der Waals surface area (Å²) in [4.78, 5) is 27.0. The molecule has 0 fully saturated rings. The highest BCUT2D eigenvalue weighted by atomic mass is 32.2. The van der Waals surface area contributed by atoms with Crippen molar-refractivity contribution in [3.05, 3.63) is 22.9 Å². The number of carbonyl (C=O) groups is 2. The number of nitrogens with zero attached hydrogens (tertiary/aromatic N) is 2. The van der Waals surface area contributed by atoms with Crippen LogP contribution in [0.25, 0.3) is 0 Å². The Morgan fingerprint density at radius 1 is 1.26 bits per heavy atom. The van der Waals surface area contributed by atoms with E-state index in [9.17, 15) is 9.59 Å². The van der Waals surface area contributed by atoms with Crippen LogP contribution in [0.1, 0.15) is 20.3 Å². The second-order valence-corrected chi connectivity index (χ2v) is 5.67. The Morgan fingerprint density at radius 2 is 1.96 bits per heavy atom. The molecule has 0 saturated carbocycles. The lowest BCUT2D eigenvalue weighted by Gasteiger charge is -2.27. The molecule has 3 N–H and O–H groups in total. The molecule has 2 amide bonds. The third kappa shape index (κ3) is 8.72. The molecule has 0 aromatic carbocycles. The number of amides is 2. The van der Waals surface area contributed by atoms with Crippen LogP contribution in [0.2, 0.25) is 0 Å². The van der Waals surface area contributed by atoms with E-state index < -0.39 is 0 Å². The van der Waals surface area contributed by atoms with Crippen LogP contribution < -0.4 is 16.5 Å². The Bertz CT molecular complexity index is 427. The van der Waals surface area contributed by atoms with E-state index in [1.807, 2.05) is 26.2 Å². The Labute approximate surface area is 142 Å². The molecule has 0 aromatic heterocycles. The molecule has 132 valence electrons. The van der Waals surface area contributed by atoms with Gasteiger partial charge < -0.3 is 0 Å². The predicted octanol–water partition coefficient (Wildman–Crippen LogP) is 0.582. The van der Waals surface area contributed by atoms with Gasteiger partial charge in [0.25, 0.3) is 0 Å². The number of allylic oxidation sites excluding steroid dienone is 1. The lowest BCUT2D eigenvalue weighted by molar-refractivity contribution is -0.122. The van der Waals surface area contributed by atoms with Gasteiger partial charge in [0.15, 0.2) is 0 Å². The molecule has 0 radical (unpaired) electrons. The maximum Gasteiger partial charge on any atom is 0.230 e. The Kier molecular flexibility index (Phi) is 12.3. The fourth-order valence-corrected chi connectivity index (χ4v) is 2.33. The summed E-state index contributed by atoms with van der Waals surface area (Å²) in [5.74, 6) is 0.786. The van der Waals surface area contributed by atoms with Crippen molar-refractivity contribution in [1.29, 1.82) is 0 Å². The van der Waals surface area contributed by atoms with Crippen molar-refractivity contribution in [2.45, 2.75) is 20.3 Å². The Morgan fingerprint density at radius 3 is 2.43 bits per heavy atom. The number of carbonyl (C=O) groups excluding carboxylic acids is 2. The topological polar surface area (TPSA) is 85.9 Å². The highest BCUT2D eigenvalue weighted by Gasteiger charge is 2.16. The molecule has 0 aliphatic heterocycles. The summed E-state index contributed by atoms with van der Waals surface area (Å²) in [6, 6.07) is 0. The largest absolute Gasteiger partial charge is 0.277 e. The van der Waals surface area contributed by atoms with Crippen LogP contribution in [0.5, 0.6) is 0 Å². The number of hydrazine groups is 3. The smallest absolute Gasteiger partial charge is 0.230 e. The first-order valence-corrected chi connectivity index (χ1v) is 8.53. The van der Waals surface area contributed by atoms with E-state index in [-0.39, 0.29) is 6.61 Å². The van der Waals surface area contributed by atoms with Gasteiger partial charge in [0.05, 0.1) is 5.70 Å². The lowest BCUT2D eigenvalue weighted by Crippen LogP contribution is -2.51. The second-order valence-electron chi connectivity index (χ2n) is 4.81. The molecule has 0 heterocycles. The molecule has 0 bridgehead atoms. The van der Waals surface area contributed by atoms with Crippen LogP contribution >= 0.6 is 11.8 Å². The van der Waals surface area contributed by atoms with Crippen molar-refractivity contribution in [1.82, 2.24) is 26.6 Å².